The number of pyridine rings is 2. The van der Waals surface area contributed by atoms with Crippen molar-refractivity contribution in [1.82, 2.24) is 15.0 Å². The summed E-state index contributed by atoms with van der Waals surface area (Å²) in [7, 11) is -4.07. The molecule has 3 rings (SSSR count). The maximum Gasteiger partial charge on any atom is 0.417 e. The smallest absolute Gasteiger partial charge is 0.255 e. The van der Waals surface area contributed by atoms with Crippen molar-refractivity contribution in [2.45, 2.75) is 24.2 Å². The molecule has 30 heavy (non-hydrogen) atoms. The van der Waals surface area contributed by atoms with Gasteiger partial charge in [0, 0.05) is 18.6 Å². The molecule has 0 bridgehead atoms. The Labute approximate surface area is 170 Å². The van der Waals surface area contributed by atoms with Gasteiger partial charge in [-0.1, -0.05) is 6.92 Å². The largest absolute Gasteiger partial charge is 0.417 e. The number of alkyl halides is 6. The van der Waals surface area contributed by atoms with Gasteiger partial charge < -0.3 is 0 Å². The van der Waals surface area contributed by atoms with Gasteiger partial charge in [-0.3, -0.25) is 9.97 Å². The van der Waals surface area contributed by atoms with Crippen LogP contribution >= 0.6 is 11.3 Å². The highest BCUT2D eigenvalue weighted by molar-refractivity contribution is 7.91. The summed E-state index contributed by atoms with van der Waals surface area (Å²) in [4.78, 5) is 11.0. The third-order valence-electron chi connectivity index (χ3n) is 3.95. The summed E-state index contributed by atoms with van der Waals surface area (Å²) in [6.45, 7) is 1.28. The first kappa shape index (κ1) is 22.2. The van der Waals surface area contributed by atoms with Gasteiger partial charge in [0.1, 0.15) is 10.7 Å². The van der Waals surface area contributed by atoms with Gasteiger partial charge in [-0.2, -0.15) is 26.3 Å². The molecule has 13 heteroatoms. The highest BCUT2D eigenvalue weighted by atomic mass is 32.2. The molecule has 0 aliphatic rings. The SMILES string of the molecule is CCS(=O)(=O)c1cc(C(F)(F)F)cnc1-c1ncc(-c2ccc(C(F)(F)F)cn2)s1. The fourth-order valence-corrected chi connectivity index (χ4v) is 4.39. The molecule has 3 aromatic heterocycles. The second-order valence-corrected chi connectivity index (χ2v) is 9.21. The Morgan fingerprint density at radius 3 is 2.07 bits per heavy atom. The van der Waals surface area contributed by atoms with Gasteiger partial charge in [0.25, 0.3) is 0 Å². The molecule has 5 nitrogen and oxygen atoms in total. The quantitative estimate of drug-likeness (QED) is 0.500. The Balaban J connectivity index is 2.06. The number of hydrogen-bond acceptors (Lipinski definition) is 6. The topological polar surface area (TPSA) is 72.8 Å². The molecule has 0 amide bonds. The molecule has 0 aliphatic heterocycles. The van der Waals surface area contributed by atoms with Crippen LogP contribution in [0.3, 0.4) is 0 Å². The third kappa shape index (κ3) is 4.46. The fraction of sp³-hybridized carbons (Fsp3) is 0.235. The van der Waals surface area contributed by atoms with Gasteiger partial charge >= 0.3 is 12.4 Å². The molecule has 3 heterocycles. The second-order valence-electron chi connectivity index (χ2n) is 5.93. The van der Waals surface area contributed by atoms with Crippen LogP contribution in [-0.2, 0) is 22.2 Å². The van der Waals surface area contributed by atoms with E-state index in [9.17, 15) is 34.8 Å². The van der Waals surface area contributed by atoms with E-state index in [1.165, 1.54) is 13.1 Å². The average Bonchev–Trinajstić information content (AvgIpc) is 3.16. The van der Waals surface area contributed by atoms with Gasteiger partial charge in [-0.15, -0.1) is 11.3 Å². The van der Waals surface area contributed by atoms with Crippen molar-refractivity contribution < 1.29 is 34.8 Å². The Morgan fingerprint density at radius 2 is 1.53 bits per heavy atom. The number of nitrogens with zero attached hydrogens (tertiary/aromatic N) is 3. The van der Waals surface area contributed by atoms with E-state index in [-0.39, 0.29) is 16.4 Å². The zero-order valence-corrected chi connectivity index (χ0v) is 16.5. The first-order valence-corrected chi connectivity index (χ1v) is 10.6. The van der Waals surface area contributed by atoms with E-state index in [0.717, 1.165) is 23.5 Å². The van der Waals surface area contributed by atoms with Crippen molar-refractivity contribution in [3.05, 3.63) is 47.9 Å². The first-order valence-electron chi connectivity index (χ1n) is 8.12. The van der Waals surface area contributed by atoms with Gasteiger partial charge in [-0.05, 0) is 18.2 Å². The maximum atomic E-state index is 13.0. The molecule has 0 saturated heterocycles. The van der Waals surface area contributed by atoms with Crippen LogP contribution in [-0.4, -0.2) is 29.1 Å². The van der Waals surface area contributed by atoms with Crippen LogP contribution in [0.1, 0.15) is 18.1 Å². The number of thiazole rings is 1. The van der Waals surface area contributed by atoms with Crippen LogP contribution in [0.4, 0.5) is 26.3 Å². The Bertz CT molecular complexity index is 1170. The molecule has 0 saturated carbocycles. The highest BCUT2D eigenvalue weighted by Gasteiger charge is 2.34. The molecule has 0 spiro atoms. The molecular formula is C17H11F6N3O2S2. The summed E-state index contributed by atoms with van der Waals surface area (Å²) in [6, 6.07) is 2.44. The van der Waals surface area contributed by atoms with E-state index in [1.807, 2.05) is 0 Å². The molecule has 0 aliphatic carbocycles. The molecule has 160 valence electrons. The van der Waals surface area contributed by atoms with Crippen LogP contribution in [0.5, 0.6) is 0 Å². The number of hydrogen-bond donors (Lipinski definition) is 0. The third-order valence-corrected chi connectivity index (χ3v) is 6.71. The molecule has 3 aromatic rings. The van der Waals surface area contributed by atoms with Crippen LogP contribution in [0, 0.1) is 0 Å². The Morgan fingerprint density at radius 1 is 0.900 bits per heavy atom. The van der Waals surface area contributed by atoms with E-state index >= 15 is 0 Å². The van der Waals surface area contributed by atoms with Gasteiger partial charge in [0.05, 0.1) is 32.3 Å². The minimum Gasteiger partial charge on any atom is -0.255 e. The van der Waals surface area contributed by atoms with Crippen molar-refractivity contribution >= 4 is 21.2 Å². The Kier molecular flexibility index (Phi) is 5.62. The van der Waals surface area contributed by atoms with Gasteiger partial charge in [-0.25, -0.2) is 13.4 Å². The van der Waals surface area contributed by atoms with E-state index in [1.54, 1.807) is 0 Å². The summed E-state index contributed by atoms with van der Waals surface area (Å²) in [5.74, 6) is -0.457. The van der Waals surface area contributed by atoms with Crippen molar-refractivity contribution in [2.75, 3.05) is 5.75 Å². The summed E-state index contributed by atoms with van der Waals surface area (Å²) in [5.41, 5.74) is -2.30. The molecule has 0 aromatic carbocycles. The number of aromatic nitrogens is 3. The normalized spacial score (nSPS) is 12.9. The monoisotopic (exact) mass is 467 g/mol. The Hall–Kier alpha value is -2.54. The molecule has 0 atom stereocenters. The van der Waals surface area contributed by atoms with E-state index in [0.29, 0.717) is 23.3 Å². The lowest BCUT2D eigenvalue weighted by Gasteiger charge is -2.11. The van der Waals surface area contributed by atoms with Crippen molar-refractivity contribution in [2.24, 2.45) is 0 Å². The summed E-state index contributed by atoms with van der Waals surface area (Å²) >= 11 is 0.843. The minimum absolute atomic E-state index is 0.00699. The molecule has 0 fully saturated rings. The standard InChI is InChI=1S/C17H11F6N3O2S2/c1-2-30(27,28)13-5-10(17(21,22)23)7-25-14(13)15-26-8-12(29-15)11-4-3-9(6-24-11)16(18,19)20/h3-8H,2H2,1H3. The molecule has 0 radical (unpaired) electrons. The van der Waals surface area contributed by atoms with Gasteiger partial charge in [0.15, 0.2) is 9.84 Å². The minimum atomic E-state index is -4.79. The lowest BCUT2D eigenvalue weighted by Crippen LogP contribution is -2.12. The van der Waals surface area contributed by atoms with Crippen LogP contribution in [0.25, 0.3) is 21.3 Å². The summed E-state index contributed by atoms with van der Waals surface area (Å²) in [6.07, 6.45) is -6.98. The lowest BCUT2D eigenvalue weighted by atomic mass is 10.2. The highest BCUT2D eigenvalue weighted by Crippen LogP contribution is 2.37. The predicted octanol–water partition coefficient (Wildman–Crippen LogP) is 5.10. The van der Waals surface area contributed by atoms with E-state index in [4.69, 9.17) is 0 Å². The van der Waals surface area contributed by atoms with E-state index in [2.05, 4.69) is 15.0 Å². The molecule has 0 unspecified atom stereocenters. The number of halogens is 6. The fourth-order valence-electron chi connectivity index (χ4n) is 2.36. The van der Waals surface area contributed by atoms with Crippen LogP contribution in [0.2, 0.25) is 0 Å². The lowest BCUT2D eigenvalue weighted by molar-refractivity contribution is -0.138. The van der Waals surface area contributed by atoms with E-state index < -0.39 is 44.0 Å². The summed E-state index contributed by atoms with van der Waals surface area (Å²) < 4.78 is 102. The number of sulfone groups is 1. The van der Waals surface area contributed by atoms with Crippen LogP contribution < -0.4 is 0 Å². The molecule has 0 N–H and O–H groups in total. The van der Waals surface area contributed by atoms with Crippen molar-refractivity contribution in [3.63, 3.8) is 0 Å². The summed E-state index contributed by atoms with van der Waals surface area (Å²) in [5, 5.41) is -0.00699. The first-order chi connectivity index (χ1) is 13.8. The predicted molar refractivity (Wildman–Crippen MR) is 96.3 cm³/mol. The van der Waals surface area contributed by atoms with Crippen molar-refractivity contribution in [3.8, 4) is 21.3 Å². The maximum absolute atomic E-state index is 13.0. The average molecular weight is 467 g/mol. The molecular weight excluding hydrogens is 456 g/mol. The second kappa shape index (κ2) is 7.61. The van der Waals surface area contributed by atoms with Gasteiger partial charge in [0.2, 0.25) is 0 Å². The zero-order valence-electron chi connectivity index (χ0n) is 14.9. The van der Waals surface area contributed by atoms with Crippen molar-refractivity contribution in [1.29, 1.82) is 0 Å². The zero-order chi connectivity index (χ0) is 22.3. The van der Waals surface area contributed by atoms with Crippen LogP contribution in [0.15, 0.2) is 41.7 Å². The number of rotatable bonds is 4.